The number of ether oxygens (including phenoxy) is 1. The van der Waals surface area contributed by atoms with E-state index in [0.717, 1.165) is 6.07 Å². The fourth-order valence-corrected chi connectivity index (χ4v) is 1.79. The van der Waals surface area contributed by atoms with Gasteiger partial charge in [0.1, 0.15) is 5.75 Å². The van der Waals surface area contributed by atoms with Crippen LogP contribution in [0.15, 0.2) is 18.2 Å². The summed E-state index contributed by atoms with van der Waals surface area (Å²) in [6.07, 6.45) is -4.14. The van der Waals surface area contributed by atoms with Gasteiger partial charge in [0.2, 0.25) is 5.91 Å². The molecule has 0 radical (unpaired) electrons. The summed E-state index contributed by atoms with van der Waals surface area (Å²) in [7, 11) is 0. The van der Waals surface area contributed by atoms with Crippen LogP contribution < -0.4 is 15.8 Å². The Kier molecular flexibility index (Phi) is 6.48. The summed E-state index contributed by atoms with van der Waals surface area (Å²) in [4.78, 5) is 11.2. The Balaban J connectivity index is 2.79. The van der Waals surface area contributed by atoms with Gasteiger partial charge in [-0.1, -0.05) is 6.07 Å². The fraction of sp³-hybridized carbons (Fsp3) is 0.500. The molecule has 118 valence electrons. The van der Waals surface area contributed by atoms with Gasteiger partial charge in [0, 0.05) is 6.54 Å². The van der Waals surface area contributed by atoms with Gasteiger partial charge in [-0.15, -0.1) is 0 Å². The van der Waals surface area contributed by atoms with Crippen LogP contribution in [0.2, 0.25) is 0 Å². The monoisotopic (exact) mass is 304 g/mol. The molecule has 0 unspecified atom stereocenters. The Labute approximate surface area is 121 Å². The molecule has 0 aliphatic carbocycles. The molecule has 1 aromatic carbocycles. The van der Waals surface area contributed by atoms with Crippen LogP contribution in [0, 0.1) is 0 Å². The average Bonchev–Trinajstić information content (AvgIpc) is 2.39. The molecule has 0 fully saturated rings. The number of nitrogens with one attached hydrogen (secondary N) is 1. The molecule has 7 heteroatoms. The van der Waals surface area contributed by atoms with Gasteiger partial charge in [-0.05, 0) is 37.6 Å². The van der Waals surface area contributed by atoms with Crippen LogP contribution in [0.25, 0.3) is 0 Å². The lowest BCUT2D eigenvalue weighted by Gasteiger charge is -2.15. The minimum atomic E-state index is -4.51. The molecular weight excluding hydrogens is 285 g/mol. The Hall–Kier alpha value is -1.76. The molecule has 0 aromatic heterocycles. The van der Waals surface area contributed by atoms with Crippen molar-refractivity contribution in [3.8, 4) is 5.75 Å². The second-order valence-electron chi connectivity index (χ2n) is 4.42. The molecule has 0 saturated carbocycles. The van der Waals surface area contributed by atoms with Crippen LogP contribution in [-0.4, -0.2) is 25.6 Å². The van der Waals surface area contributed by atoms with Crippen LogP contribution in [0.3, 0.4) is 0 Å². The van der Waals surface area contributed by atoms with Gasteiger partial charge in [-0.2, -0.15) is 13.2 Å². The summed E-state index contributed by atoms with van der Waals surface area (Å²) < 4.78 is 44.1. The fourth-order valence-electron chi connectivity index (χ4n) is 1.79. The van der Waals surface area contributed by atoms with Crippen molar-refractivity contribution in [2.45, 2.75) is 25.9 Å². The molecular formula is C14H19F3N2O2. The first-order valence-electron chi connectivity index (χ1n) is 6.68. The van der Waals surface area contributed by atoms with Gasteiger partial charge in [-0.25, -0.2) is 0 Å². The minimum absolute atomic E-state index is 0.00961. The summed E-state index contributed by atoms with van der Waals surface area (Å²) >= 11 is 0. The first-order valence-corrected chi connectivity index (χ1v) is 6.68. The lowest BCUT2D eigenvalue weighted by Crippen LogP contribution is -2.24. The smallest absolute Gasteiger partial charge is 0.419 e. The Bertz CT molecular complexity index is 476. The van der Waals surface area contributed by atoms with Crippen molar-refractivity contribution in [2.24, 2.45) is 5.73 Å². The zero-order valence-electron chi connectivity index (χ0n) is 11.8. The molecule has 0 bridgehead atoms. The normalized spacial score (nSPS) is 11.3. The highest BCUT2D eigenvalue weighted by molar-refractivity contribution is 5.75. The van der Waals surface area contributed by atoms with Crippen molar-refractivity contribution in [1.29, 1.82) is 0 Å². The molecule has 0 aliphatic heterocycles. The van der Waals surface area contributed by atoms with E-state index in [1.165, 1.54) is 6.07 Å². The maximum atomic E-state index is 13.0. The number of halogens is 3. The number of rotatable bonds is 7. The number of hydrogen-bond donors (Lipinski definition) is 2. The summed E-state index contributed by atoms with van der Waals surface area (Å²) in [6.45, 7) is 2.40. The molecule has 1 rings (SSSR count). The maximum absolute atomic E-state index is 13.0. The standard InChI is InChI=1S/C14H19F3N2O2/c1-2-19-13(20)6-8-21-12-4-3-10(5-7-18)9-11(12)14(15,16)17/h3-4,9H,2,5-8,18H2,1H3,(H,19,20). The highest BCUT2D eigenvalue weighted by Gasteiger charge is 2.34. The third-order valence-electron chi connectivity index (χ3n) is 2.74. The average molecular weight is 304 g/mol. The van der Waals surface area contributed by atoms with Gasteiger partial charge >= 0.3 is 6.18 Å². The molecule has 4 nitrogen and oxygen atoms in total. The highest BCUT2D eigenvalue weighted by atomic mass is 19.4. The first kappa shape index (κ1) is 17.3. The van der Waals surface area contributed by atoms with E-state index in [0.29, 0.717) is 18.5 Å². The second kappa shape index (κ2) is 7.87. The minimum Gasteiger partial charge on any atom is -0.492 e. The van der Waals surface area contributed by atoms with E-state index in [4.69, 9.17) is 10.5 Å². The molecule has 0 saturated heterocycles. The van der Waals surface area contributed by atoms with Crippen molar-refractivity contribution >= 4 is 5.91 Å². The molecule has 0 heterocycles. The Morgan fingerprint density at radius 1 is 1.38 bits per heavy atom. The van der Waals surface area contributed by atoms with Crippen LogP contribution >= 0.6 is 0 Å². The molecule has 3 N–H and O–H groups in total. The van der Waals surface area contributed by atoms with E-state index in [1.807, 2.05) is 0 Å². The maximum Gasteiger partial charge on any atom is 0.419 e. The van der Waals surface area contributed by atoms with E-state index in [-0.39, 0.29) is 31.2 Å². The third kappa shape index (κ3) is 5.63. The molecule has 0 atom stereocenters. The number of nitrogens with two attached hydrogens (primary N) is 1. The van der Waals surface area contributed by atoms with Gasteiger partial charge in [-0.3, -0.25) is 4.79 Å². The Morgan fingerprint density at radius 3 is 2.67 bits per heavy atom. The number of amides is 1. The second-order valence-corrected chi connectivity index (χ2v) is 4.42. The van der Waals surface area contributed by atoms with Gasteiger partial charge in [0.15, 0.2) is 0 Å². The van der Waals surface area contributed by atoms with Crippen molar-refractivity contribution < 1.29 is 22.7 Å². The van der Waals surface area contributed by atoms with E-state index < -0.39 is 11.7 Å². The number of hydrogen-bond acceptors (Lipinski definition) is 3. The van der Waals surface area contributed by atoms with E-state index in [1.54, 1.807) is 13.0 Å². The van der Waals surface area contributed by atoms with Crippen LogP contribution in [0.4, 0.5) is 13.2 Å². The topological polar surface area (TPSA) is 64.3 Å². The summed E-state index contributed by atoms with van der Waals surface area (Å²) in [6, 6.07) is 3.85. The predicted octanol–water partition coefficient (Wildman–Crippen LogP) is 2.11. The lowest BCUT2D eigenvalue weighted by molar-refractivity contribution is -0.139. The quantitative estimate of drug-likeness (QED) is 0.811. The zero-order chi connectivity index (χ0) is 15.9. The van der Waals surface area contributed by atoms with E-state index >= 15 is 0 Å². The highest BCUT2D eigenvalue weighted by Crippen LogP contribution is 2.37. The van der Waals surface area contributed by atoms with Gasteiger partial charge < -0.3 is 15.8 Å². The number of benzene rings is 1. The van der Waals surface area contributed by atoms with Crippen molar-refractivity contribution in [3.63, 3.8) is 0 Å². The summed E-state index contributed by atoms with van der Waals surface area (Å²) in [5, 5.41) is 2.55. The van der Waals surface area contributed by atoms with Gasteiger partial charge in [0.25, 0.3) is 0 Å². The first-order chi connectivity index (χ1) is 9.88. The SMILES string of the molecule is CCNC(=O)CCOc1ccc(CCN)cc1C(F)(F)F. The van der Waals surface area contributed by atoms with Crippen molar-refractivity contribution in [3.05, 3.63) is 29.3 Å². The van der Waals surface area contributed by atoms with Crippen LogP contribution in [0.5, 0.6) is 5.75 Å². The molecule has 0 spiro atoms. The molecule has 0 aliphatic rings. The summed E-state index contributed by atoms with van der Waals surface area (Å²) in [5.74, 6) is -0.529. The van der Waals surface area contributed by atoms with E-state index in [2.05, 4.69) is 5.32 Å². The number of alkyl halides is 3. The van der Waals surface area contributed by atoms with Gasteiger partial charge in [0.05, 0.1) is 18.6 Å². The molecule has 21 heavy (non-hydrogen) atoms. The predicted molar refractivity (Wildman–Crippen MR) is 73.0 cm³/mol. The lowest BCUT2D eigenvalue weighted by atomic mass is 10.1. The van der Waals surface area contributed by atoms with Crippen LogP contribution in [-0.2, 0) is 17.4 Å². The van der Waals surface area contributed by atoms with Crippen molar-refractivity contribution in [2.75, 3.05) is 19.7 Å². The zero-order valence-corrected chi connectivity index (χ0v) is 11.8. The van der Waals surface area contributed by atoms with E-state index in [9.17, 15) is 18.0 Å². The molecule has 1 aromatic rings. The number of carbonyl (C=O) groups is 1. The summed E-state index contributed by atoms with van der Waals surface area (Å²) in [5.41, 5.74) is 5.00. The third-order valence-corrected chi connectivity index (χ3v) is 2.74. The van der Waals surface area contributed by atoms with Crippen LogP contribution in [0.1, 0.15) is 24.5 Å². The number of carbonyl (C=O) groups excluding carboxylic acids is 1. The Morgan fingerprint density at radius 2 is 2.10 bits per heavy atom. The molecule has 1 amide bonds. The largest absolute Gasteiger partial charge is 0.492 e. The van der Waals surface area contributed by atoms with Crippen molar-refractivity contribution in [1.82, 2.24) is 5.32 Å².